The first kappa shape index (κ1) is 23.7. The molecule has 0 amide bonds. The van der Waals surface area contributed by atoms with Crippen LogP contribution in [0.3, 0.4) is 0 Å². The third-order valence-electron chi connectivity index (χ3n) is 6.08. The van der Waals surface area contributed by atoms with Crippen LogP contribution >= 0.6 is 0 Å². The number of unbranched alkanes of at least 4 members (excludes halogenated alkanes) is 3. The molecule has 1 aromatic heterocycles. The Morgan fingerprint density at radius 1 is 1.03 bits per heavy atom. The molecule has 0 bridgehead atoms. The Hall–Kier alpha value is -2.96. The van der Waals surface area contributed by atoms with Gasteiger partial charge in [-0.2, -0.15) is 0 Å². The van der Waals surface area contributed by atoms with Crippen LogP contribution in [-0.4, -0.2) is 44.7 Å². The fraction of sp³-hybridized carbons (Fsp3) is 0.520. The SMILES string of the molecule is CCCCCCOC(=O)c1[nH]c2c(c1C)C(=O)C[C@@H](c1cc(OC)c(OC)c(OC)c1)C2. The van der Waals surface area contributed by atoms with Gasteiger partial charge in [0.15, 0.2) is 17.3 Å². The fourth-order valence-corrected chi connectivity index (χ4v) is 4.38. The summed E-state index contributed by atoms with van der Waals surface area (Å²) in [7, 11) is 4.70. The predicted molar refractivity (Wildman–Crippen MR) is 121 cm³/mol. The highest BCUT2D eigenvalue weighted by Gasteiger charge is 2.33. The number of fused-ring (bicyclic) bond motifs is 1. The molecule has 0 fully saturated rings. The summed E-state index contributed by atoms with van der Waals surface area (Å²) < 4.78 is 21.8. The molecule has 1 heterocycles. The zero-order valence-corrected chi connectivity index (χ0v) is 19.6. The number of nitrogens with one attached hydrogen (secondary N) is 1. The third kappa shape index (κ3) is 4.76. The Balaban J connectivity index is 1.82. The molecule has 1 aliphatic carbocycles. The maximum atomic E-state index is 13.0. The molecule has 0 radical (unpaired) electrons. The van der Waals surface area contributed by atoms with Gasteiger partial charge in [0.2, 0.25) is 5.75 Å². The first-order chi connectivity index (χ1) is 15.4. The van der Waals surface area contributed by atoms with Crippen molar-refractivity contribution in [3.8, 4) is 17.2 Å². The third-order valence-corrected chi connectivity index (χ3v) is 6.08. The molecular weight excluding hydrogens is 410 g/mol. The van der Waals surface area contributed by atoms with Crippen molar-refractivity contribution >= 4 is 11.8 Å². The number of hydrogen-bond acceptors (Lipinski definition) is 6. The van der Waals surface area contributed by atoms with E-state index in [9.17, 15) is 9.59 Å². The molecule has 0 unspecified atom stereocenters. The minimum Gasteiger partial charge on any atom is -0.493 e. The van der Waals surface area contributed by atoms with E-state index in [2.05, 4.69) is 11.9 Å². The summed E-state index contributed by atoms with van der Waals surface area (Å²) in [5, 5.41) is 0. The van der Waals surface area contributed by atoms with Gasteiger partial charge in [-0.1, -0.05) is 26.2 Å². The lowest BCUT2D eigenvalue weighted by atomic mass is 9.81. The van der Waals surface area contributed by atoms with Gasteiger partial charge in [0.1, 0.15) is 5.69 Å². The Morgan fingerprint density at radius 3 is 2.31 bits per heavy atom. The molecule has 7 heteroatoms. The van der Waals surface area contributed by atoms with Crippen LogP contribution in [0.2, 0.25) is 0 Å². The largest absolute Gasteiger partial charge is 0.493 e. The molecule has 7 nitrogen and oxygen atoms in total. The van der Waals surface area contributed by atoms with E-state index >= 15 is 0 Å². The van der Waals surface area contributed by atoms with E-state index in [4.69, 9.17) is 18.9 Å². The first-order valence-corrected chi connectivity index (χ1v) is 11.2. The summed E-state index contributed by atoms with van der Waals surface area (Å²) in [4.78, 5) is 28.8. The summed E-state index contributed by atoms with van der Waals surface area (Å²) in [5.74, 6) is 1.16. The normalized spacial score (nSPS) is 15.3. The maximum absolute atomic E-state index is 13.0. The van der Waals surface area contributed by atoms with Crippen molar-refractivity contribution < 1.29 is 28.5 Å². The molecule has 0 aliphatic heterocycles. The highest BCUT2D eigenvalue weighted by atomic mass is 16.5. The lowest BCUT2D eigenvalue weighted by molar-refractivity contribution is 0.0490. The zero-order chi connectivity index (χ0) is 23.3. The number of carbonyl (C=O) groups is 2. The van der Waals surface area contributed by atoms with Crippen molar-refractivity contribution in [1.29, 1.82) is 0 Å². The fourth-order valence-electron chi connectivity index (χ4n) is 4.38. The van der Waals surface area contributed by atoms with Crippen LogP contribution in [0.4, 0.5) is 0 Å². The molecule has 1 aromatic carbocycles. The van der Waals surface area contributed by atoms with E-state index in [0.717, 1.165) is 36.9 Å². The molecule has 1 atom stereocenters. The standard InChI is InChI=1S/C25H33NO6/c1-6-7-8-9-10-32-25(28)23-15(2)22-18(26-23)11-16(12-19(22)27)17-13-20(29-3)24(31-5)21(14-17)30-4/h13-14,16,26H,6-12H2,1-5H3/t16-/m0/s1. The number of esters is 1. The van der Waals surface area contributed by atoms with Crippen LogP contribution in [0, 0.1) is 6.92 Å². The zero-order valence-electron chi connectivity index (χ0n) is 19.6. The number of ether oxygens (including phenoxy) is 4. The van der Waals surface area contributed by atoms with Crippen molar-refractivity contribution in [1.82, 2.24) is 4.98 Å². The lowest BCUT2D eigenvalue weighted by Gasteiger charge is -2.24. The summed E-state index contributed by atoms with van der Waals surface area (Å²) >= 11 is 0. The van der Waals surface area contributed by atoms with Crippen LogP contribution in [-0.2, 0) is 11.2 Å². The number of aromatic amines is 1. The predicted octanol–water partition coefficient (Wildman–Crippen LogP) is 5.00. The molecule has 174 valence electrons. The van der Waals surface area contributed by atoms with E-state index in [1.54, 1.807) is 28.3 Å². The topological polar surface area (TPSA) is 86.9 Å². The van der Waals surface area contributed by atoms with Gasteiger partial charge < -0.3 is 23.9 Å². The van der Waals surface area contributed by atoms with Gasteiger partial charge in [-0.3, -0.25) is 4.79 Å². The molecule has 3 rings (SSSR count). The summed E-state index contributed by atoms with van der Waals surface area (Å²) in [6.45, 7) is 4.34. The van der Waals surface area contributed by atoms with E-state index in [0.29, 0.717) is 53.5 Å². The minimum absolute atomic E-state index is 0.0146. The van der Waals surface area contributed by atoms with Gasteiger partial charge in [0, 0.05) is 17.7 Å². The number of hydrogen-bond donors (Lipinski definition) is 1. The highest BCUT2D eigenvalue weighted by Crippen LogP contribution is 2.43. The van der Waals surface area contributed by atoms with Crippen LogP contribution < -0.4 is 14.2 Å². The molecule has 1 N–H and O–H groups in total. The smallest absolute Gasteiger partial charge is 0.355 e. The van der Waals surface area contributed by atoms with Gasteiger partial charge in [-0.05, 0) is 48.9 Å². The second-order valence-electron chi connectivity index (χ2n) is 8.16. The van der Waals surface area contributed by atoms with Gasteiger partial charge in [0.25, 0.3) is 0 Å². The van der Waals surface area contributed by atoms with Crippen molar-refractivity contribution in [2.75, 3.05) is 27.9 Å². The first-order valence-electron chi connectivity index (χ1n) is 11.2. The van der Waals surface area contributed by atoms with Crippen LogP contribution in [0.1, 0.15) is 82.6 Å². The van der Waals surface area contributed by atoms with Gasteiger partial charge in [0.05, 0.1) is 27.9 Å². The number of rotatable bonds is 10. The second kappa shape index (κ2) is 10.6. The Kier molecular flexibility index (Phi) is 7.83. The monoisotopic (exact) mass is 443 g/mol. The molecule has 1 aliphatic rings. The van der Waals surface area contributed by atoms with E-state index in [-0.39, 0.29) is 11.7 Å². The quantitative estimate of drug-likeness (QED) is 0.411. The van der Waals surface area contributed by atoms with E-state index in [1.807, 2.05) is 12.1 Å². The number of carbonyl (C=O) groups excluding carboxylic acids is 2. The summed E-state index contributed by atoms with van der Waals surface area (Å²) in [6.07, 6.45) is 5.09. The summed E-state index contributed by atoms with van der Waals surface area (Å²) in [5.41, 5.74) is 3.36. The number of aromatic nitrogens is 1. The number of benzene rings is 1. The molecule has 2 aromatic rings. The lowest BCUT2D eigenvalue weighted by Crippen LogP contribution is -2.19. The molecule has 0 saturated heterocycles. The van der Waals surface area contributed by atoms with E-state index < -0.39 is 5.97 Å². The van der Waals surface area contributed by atoms with E-state index in [1.165, 1.54) is 0 Å². The Labute approximate surface area is 189 Å². The maximum Gasteiger partial charge on any atom is 0.355 e. The van der Waals surface area contributed by atoms with Gasteiger partial charge in [-0.25, -0.2) is 4.79 Å². The molecule has 0 spiro atoms. The highest BCUT2D eigenvalue weighted by molar-refractivity contribution is 6.03. The average molecular weight is 444 g/mol. The van der Waals surface area contributed by atoms with Gasteiger partial charge >= 0.3 is 5.97 Å². The van der Waals surface area contributed by atoms with Crippen molar-refractivity contribution in [2.24, 2.45) is 0 Å². The second-order valence-corrected chi connectivity index (χ2v) is 8.16. The van der Waals surface area contributed by atoms with Crippen molar-refractivity contribution in [2.45, 2.75) is 58.3 Å². The number of H-pyrrole nitrogens is 1. The Bertz CT molecular complexity index is 952. The number of Topliss-reactive ketones (excluding diaryl/α,β-unsaturated/α-hetero) is 1. The average Bonchev–Trinajstić information content (AvgIpc) is 3.14. The number of ketones is 1. The number of methoxy groups -OCH3 is 3. The van der Waals surface area contributed by atoms with Crippen LogP contribution in [0.25, 0.3) is 0 Å². The Morgan fingerprint density at radius 2 is 1.72 bits per heavy atom. The van der Waals surface area contributed by atoms with Crippen molar-refractivity contribution in [3.63, 3.8) is 0 Å². The van der Waals surface area contributed by atoms with Crippen LogP contribution in [0.5, 0.6) is 17.2 Å². The summed E-state index contributed by atoms with van der Waals surface area (Å²) in [6, 6.07) is 3.76. The molecular formula is C25H33NO6. The molecule has 0 saturated carbocycles. The minimum atomic E-state index is -0.398. The van der Waals surface area contributed by atoms with Crippen LogP contribution in [0.15, 0.2) is 12.1 Å². The van der Waals surface area contributed by atoms with Crippen molar-refractivity contribution in [3.05, 3.63) is 40.2 Å². The van der Waals surface area contributed by atoms with Gasteiger partial charge in [-0.15, -0.1) is 0 Å². The molecule has 32 heavy (non-hydrogen) atoms.